The molecule has 2 N–H and O–H groups in total. The maximum Gasteiger partial charge on any atom is 0.135 e. The first-order valence-corrected chi connectivity index (χ1v) is 5.23. The van der Waals surface area contributed by atoms with E-state index in [1.807, 2.05) is 6.07 Å². The first kappa shape index (κ1) is 11.8. The van der Waals surface area contributed by atoms with Crippen LogP contribution in [0.15, 0.2) is 36.7 Å². The van der Waals surface area contributed by atoms with Gasteiger partial charge in [-0.25, -0.2) is 14.4 Å². The van der Waals surface area contributed by atoms with Crippen LogP contribution in [-0.2, 0) is 0 Å². The zero-order valence-corrected chi connectivity index (χ0v) is 9.39. The van der Waals surface area contributed by atoms with Gasteiger partial charge in [0.1, 0.15) is 30.3 Å². The van der Waals surface area contributed by atoms with E-state index in [9.17, 15) is 4.39 Å². The molecule has 5 nitrogen and oxygen atoms in total. The average molecular weight is 243 g/mol. The van der Waals surface area contributed by atoms with Gasteiger partial charge in [-0.1, -0.05) is 0 Å². The summed E-state index contributed by atoms with van der Waals surface area (Å²) in [6, 6.07) is 9.57. The van der Waals surface area contributed by atoms with Crippen molar-refractivity contribution in [1.29, 1.82) is 5.26 Å². The summed E-state index contributed by atoms with van der Waals surface area (Å²) >= 11 is 0. The molecule has 1 heterocycles. The summed E-state index contributed by atoms with van der Waals surface area (Å²) in [7, 11) is 0. The molecule has 0 aliphatic rings. The Morgan fingerprint density at radius 3 is 2.61 bits per heavy atom. The Bertz CT molecular complexity index is 561. The molecular weight excluding hydrogens is 233 g/mol. The molecule has 0 saturated carbocycles. The molecule has 0 atom stereocenters. The molecule has 0 radical (unpaired) electrons. The van der Waals surface area contributed by atoms with E-state index in [2.05, 4.69) is 20.6 Å². The Morgan fingerprint density at radius 1 is 1.17 bits per heavy atom. The fourth-order valence-corrected chi connectivity index (χ4v) is 1.33. The topological polar surface area (TPSA) is 73.6 Å². The lowest BCUT2D eigenvalue weighted by Crippen LogP contribution is -2.02. The number of nitriles is 1. The molecule has 1 aromatic heterocycles. The number of rotatable bonds is 4. The molecule has 2 rings (SSSR count). The number of anilines is 3. The molecule has 18 heavy (non-hydrogen) atoms. The zero-order valence-electron chi connectivity index (χ0n) is 9.39. The smallest absolute Gasteiger partial charge is 0.135 e. The van der Waals surface area contributed by atoms with Gasteiger partial charge in [0.2, 0.25) is 0 Å². The SMILES string of the molecule is N#CCNc1cc(Nc2ccc(F)cc2)ncn1. The molecule has 2 aromatic rings. The lowest BCUT2D eigenvalue weighted by molar-refractivity contribution is 0.628. The molecular formula is C12H10FN5. The molecule has 0 unspecified atom stereocenters. The third kappa shape index (κ3) is 3.15. The first-order valence-electron chi connectivity index (χ1n) is 5.23. The Morgan fingerprint density at radius 2 is 1.89 bits per heavy atom. The third-order valence-corrected chi connectivity index (χ3v) is 2.13. The van der Waals surface area contributed by atoms with E-state index in [1.54, 1.807) is 18.2 Å². The second-order valence-electron chi connectivity index (χ2n) is 3.43. The molecule has 0 aliphatic heterocycles. The molecule has 0 fully saturated rings. The normalized spacial score (nSPS) is 9.56. The predicted molar refractivity (Wildman–Crippen MR) is 65.8 cm³/mol. The standard InChI is InChI=1S/C12H10FN5/c13-9-1-3-10(4-2-9)18-12-7-11(15-6-5-14)16-8-17-12/h1-4,7-8H,6H2,(H2,15,16,17,18). The van der Waals surface area contributed by atoms with Crippen LogP contribution in [0.1, 0.15) is 0 Å². The predicted octanol–water partition coefficient (Wildman–Crippen LogP) is 2.29. The molecule has 90 valence electrons. The van der Waals surface area contributed by atoms with Crippen LogP contribution in [-0.4, -0.2) is 16.5 Å². The van der Waals surface area contributed by atoms with Crippen molar-refractivity contribution in [2.45, 2.75) is 0 Å². The summed E-state index contributed by atoms with van der Waals surface area (Å²) in [5.74, 6) is 0.827. The largest absolute Gasteiger partial charge is 0.357 e. The van der Waals surface area contributed by atoms with E-state index in [4.69, 9.17) is 5.26 Å². The number of nitrogens with one attached hydrogen (secondary N) is 2. The van der Waals surface area contributed by atoms with Gasteiger partial charge in [0.05, 0.1) is 6.07 Å². The van der Waals surface area contributed by atoms with E-state index >= 15 is 0 Å². The summed E-state index contributed by atoms with van der Waals surface area (Å²) in [5.41, 5.74) is 0.723. The third-order valence-electron chi connectivity index (χ3n) is 2.13. The van der Waals surface area contributed by atoms with Crippen LogP contribution in [0, 0.1) is 17.1 Å². The molecule has 0 aliphatic carbocycles. The number of nitrogens with zero attached hydrogens (tertiary/aromatic N) is 3. The van der Waals surface area contributed by atoms with E-state index < -0.39 is 0 Å². The van der Waals surface area contributed by atoms with Gasteiger partial charge in [0.25, 0.3) is 0 Å². The highest BCUT2D eigenvalue weighted by atomic mass is 19.1. The van der Waals surface area contributed by atoms with Crippen molar-refractivity contribution in [3.8, 4) is 6.07 Å². The fourth-order valence-electron chi connectivity index (χ4n) is 1.33. The van der Waals surface area contributed by atoms with Crippen LogP contribution in [0.5, 0.6) is 0 Å². The highest BCUT2D eigenvalue weighted by Gasteiger charge is 1.99. The average Bonchev–Trinajstić information content (AvgIpc) is 2.40. The van der Waals surface area contributed by atoms with Gasteiger partial charge in [-0.05, 0) is 24.3 Å². The van der Waals surface area contributed by atoms with Gasteiger partial charge in [-0.15, -0.1) is 0 Å². The van der Waals surface area contributed by atoms with Crippen molar-refractivity contribution in [3.05, 3.63) is 42.5 Å². The summed E-state index contributed by atoms with van der Waals surface area (Å²) < 4.78 is 12.7. The quantitative estimate of drug-likeness (QED) is 0.806. The maximum absolute atomic E-state index is 12.7. The molecule has 0 spiro atoms. The van der Waals surface area contributed by atoms with Gasteiger partial charge in [-0.3, -0.25) is 0 Å². The first-order chi connectivity index (χ1) is 8.78. The number of hydrogen-bond acceptors (Lipinski definition) is 5. The van der Waals surface area contributed by atoms with Crippen LogP contribution in [0.3, 0.4) is 0 Å². The van der Waals surface area contributed by atoms with E-state index in [-0.39, 0.29) is 12.4 Å². The lowest BCUT2D eigenvalue weighted by atomic mass is 10.3. The van der Waals surface area contributed by atoms with E-state index in [0.717, 1.165) is 5.69 Å². The number of aromatic nitrogens is 2. The van der Waals surface area contributed by atoms with Crippen molar-refractivity contribution >= 4 is 17.3 Å². The van der Waals surface area contributed by atoms with Gasteiger partial charge >= 0.3 is 0 Å². The molecule has 1 aromatic carbocycles. The van der Waals surface area contributed by atoms with Crippen molar-refractivity contribution in [2.75, 3.05) is 17.2 Å². The second-order valence-corrected chi connectivity index (χ2v) is 3.43. The van der Waals surface area contributed by atoms with Crippen molar-refractivity contribution in [2.24, 2.45) is 0 Å². The van der Waals surface area contributed by atoms with E-state index in [1.165, 1.54) is 18.5 Å². The van der Waals surface area contributed by atoms with Crippen LogP contribution in [0.25, 0.3) is 0 Å². The Balaban J connectivity index is 2.09. The number of benzene rings is 1. The van der Waals surface area contributed by atoms with Crippen molar-refractivity contribution < 1.29 is 4.39 Å². The monoisotopic (exact) mass is 243 g/mol. The lowest BCUT2D eigenvalue weighted by Gasteiger charge is -2.06. The van der Waals surface area contributed by atoms with Crippen LogP contribution >= 0.6 is 0 Å². The van der Waals surface area contributed by atoms with Crippen LogP contribution in [0.4, 0.5) is 21.7 Å². The van der Waals surface area contributed by atoms with Crippen LogP contribution in [0.2, 0.25) is 0 Å². The van der Waals surface area contributed by atoms with Crippen molar-refractivity contribution in [3.63, 3.8) is 0 Å². The summed E-state index contributed by atoms with van der Waals surface area (Å²) in [6.07, 6.45) is 1.38. The minimum absolute atomic E-state index is 0.174. The van der Waals surface area contributed by atoms with Crippen molar-refractivity contribution in [1.82, 2.24) is 9.97 Å². The van der Waals surface area contributed by atoms with E-state index in [0.29, 0.717) is 11.6 Å². The zero-order chi connectivity index (χ0) is 12.8. The van der Waals surface area contributed by atoms with Gasteiger partial charge in [-0.2, -0.15) is 5.26 Å². The van der Waals surface area contributed by atoms with Gasteiger partial charge < -0.3 is 10.6 Å². The highest BCUT2D eigenvalue weighted by Crippen LogP contribution is 2.16. The number of halogens is 1. The Labute approximate surface area is 103 Å². The minimum Gasteiger partial charge on any atom is -0.357 e. The van der Waals surface area contributed by atoms with Gasteiger partial charge in [0, 0.05) is 11.8 Å². The Kier molecular flexibility index (Phi) is 3.66. The maximum atomic E-state index is 12.7. The van der Waals surface area contributed by atoms with Gasteiger partial charge in [0.15, 0.2) is 0 Å². The molecule has 0 amide bonds. The molecule has 0 saturated heterocycles. The minimum atomic E-state index is -0.292. The summed E-state index contributed by atoms with van der Waals surface area (Å²) in [4.78, 5) is 7.99. The summed E-state index contributed by atoms with van der Waals surface area (Å²) in [5, 5.41) is 14.3. The highest BCUT2D eigenvalue weighted by molar-refractivity contribution is 5.58. The number of hydrogen-bond donors (Lipinski definition) is 2. The second kappa shape index (κ2) is 5.59. The van der Waals surface area contributed by atoms with Crippen LogP contribution < -0.4 is 10.6 Å². The Hall–Kier alpha value is -2.68. The molecule has 6 heteroatoms. The fraction of sp³-hybridized carbons (Fsp3) is 0.0833. The summed E-state index contributed by atoms with van der Waals surface area (Å²) in [6.45, 7) is 0.174. The molecule has 0 bridgehead atoms.